The van der Waals surface area contributed by atoms with Crippen molar-refractivity contribution in [2.75, 3.05) is 0 Å². The van der Waals surface area contributed by atoms with Gasteiger partial charge in [-0.15, -0.1) is 0 Å². The Morgan fingerprint density at radius 2 is 2.12 bits per heavy atom. The third-order valence-electron chi connectivity index (χ3n) is 0.733. The average Bonchev–Trinajstić information content (AvgIpc) is 1.64. The Labute approximate surface area is 46.8 Å². The molecule has 0 aliphatic carbocycles. The second-order valence-electron chi connectivity index (χ2n) is 1.66. The molecule has 2 unspecified atom stereocenters. The van der Waals surface area contributed by atoms with Crippen LogP contribution in [0.15, 0.2) is 0 Å². The highest BCUT2D eigenvalue weighted by Crippen LogP contribution is 1.92. The van der Waals surface area contributed by atoms with Crippen LogP contribution in [0, 0.1) is 0 Å². The van der Waals surface area contributed by atoms with E-state index in [1.807, 2.05) is 0 Å². The zero-order chi connectivity index (χ0) is 6.73. The van der Waals surface area contributed by atoms with Gasteiger partial charge in [-0.25, -0.2) is 4.39 Å². The van der Waals surface area contributed by atoms with E-state index >= 15 is 0 Å². The van der Waals surface area contributed by atoms with E-state index in [4.69, 9.17) is 5.73 Å². The maximum absolute atomic E-state index is 12.0. The number of carbonyl (C=O) groups excluding carboxylic acids is 1. The van der Waals surface area contributed by atoms with Crippen molar-refractivity contribution in [2.45, 2.75) is 19.1 Å². The molecule has 4 N–H and O–H groups in total. The van der Waals surface area contributed by atoms with Crippen molar-refractivity contribution in [1.29, 1.82) is 0 Å². The molecule has 0 saturated heterocycles. The first-order valence-corrected chi connectivity index (χ1v) is 2.24. The van der Waals surface area contributed by atoms with Crippen molar-refractivity contribution in [3.05, 3.63) is 0 Å². The van der Waals surface area contributed by atoms with E-state index < -0.39 is 18.1 Å². The predicted octanol–water partition coefficient (Wildman–Crippen LogP) is -0.843. The first-order valence-electron chi connectivity index (χ1n) is 2.24. The molecule has 8 heavy (non-hydrogen) atoms. The van der Waals surface area contributed by atoms with Crippen LogP contribution in [-0.2, 0) is 4.79 Å². The van der Waals surface area contributed by atoms with Gasteiger partial charge in [0.25, 0.3) is 5.91 Å². The van der Waals surface area contributed by atoms with Gasteiger partial charge in [-0.1, -0.05) is 0 Å². The topological polar surface area (TPSA) is 69.1 Å². The lowest BCUT2D eigenvalue weighted by Gasteiger charge is -2.05. The van der Waals surface area contributed by atoms with Gasteiger partial charge in [0.05, 0.1) is 0 Å². The van der Waals surface area contributed by atoms with Crippen LogP contribution in [0.4, 0.5) is 4.39 Å². The molecule has 0 spiro atoms. The molecule has 0 aromatic heterocycles. The summed E-state index contributed by atoms with van der Waals surface area (Å²) in [5.41, 5.74) is 9.50. The largest absolute Gasteiger partial charge is 0.367 e. The highest BCUT2D eigenvalue weighted by molar-refractivity contribution is 5.79. The predicted molar refractivity (Wildman–Crippen MR) is 27.7 cm³/mol. The summed E-state index contributed by atoms with van der Waals surface area (Å²) in [7, 11) is 0. The number of amides is 1. The van der Waals surface area contributed by atoms with Gasteiger partial charge < -0.3 is 11.5 Å². The van der Waals surface area contributed by atoms with Crippen LogP contribution in [0.2, 0.25) is 0 Å². The first kappa shape index (κ1) is 7.36. The molecule has 48 valence electrons. The van der Waals surface area contributed by atoms with Crippen molar-refractivity contribution in [2.24, 2.45) is 11.5 Å². The molecular weight excluding hydrogens is 111 g/mol. The van der Waals surface area contributed by atoms with Gasteiger partial charge in [0.2, 0.25) is 0 Å². The summed E-state index contributed by atoms with van der Waals surface area (Å²) in [6.45, 7) is 1.38. The van der Waals surface area contributed by atoms with E-state index in [0.717, 1.165) is 0 Å². The summed E-state index contributed by atoms with van der Waals surface area (Å²) in [6, 6.07) is -0.799. The van der Waals surface area contributed by atoms with Crippen LogP contribution in [0.5, 0.6) is 0 Å². The molecular formula is C4H9FN2O. The molecule has 0 aromatic rings. The Kier molecular flexibility index (Phi) is 2.41. The van der Waals surface area contributed by atoms with E-state index in [-0.39, 0.29) is 0 Å². The SMILES string of the molecule is CC(N)C(F)C(N)=O. The quantitative estimate of drug-likeness (QED) is 0.498. The third-order valence-corrected chi connectivity index (χ3v) is 0.733. The Hall–Kier alpha value is -0.640. The zero-order valence-electron chi connectivity index (χ0n) is 4.60. The van der Waals surface area contributed by atoms with E-state index in [1.54, 1.807) is 0 Å². The molecule has 2 atom stereocenters. The molecule has 0 bridgehead atoms. The molecule has 0 radical (unpaired) electrons. The van der Waals surface area contributed by atoms with Crippen LogP contribution in [0.3, 0.4) is 0 Å². The summed E-state index contributed by atoms with van der Waals surface area (Å²) >= 11 is 0. The van der Waals surface area contributed by atoms with Gasteiger partial charge in [-0.05, 0) is 6.92 Å². The standard InChI is InChI=1S/C4H9FN2O/c1-2(6)3(5)4(7)8/h2-3H,6H2,1H3,(H2,7,8). The maximum atomic E-state index is 12.0. The minimum atomic E-state index is -1.71. The van der Waals surface area contributed by atoms with Gasteiger partial charge in [0.15, 0.2) is 6.17 Å². The van der Waals surface area contributed by atoms with E-state index in [2.05, 4.69) is 5.73 Å². The summed E-state index contributed by atoms with van der Waals surface area (Å²) in [5.74, 6) is -1.000. The number of halogens is 1. The molecule has 0 aliphatic heterocycles. The molecule has 3 nitrogen and oxygen atoms in total. The number of primary amides is 1. The molecule has 0 saturated carbocycles. The van der Waals surface area contributed by atoms with Crippen molar-refractivity contribution in [3.8, 4) is 0 Å². The van der Waals surface area contributed by atoms with Crippen LogP contribution in [-0.4, -0.2) is 18.1 Å². The van der Waals surface area contributed by atoms with Crippen LogP contribution >= 0.6 is 0 Å². The highest BCUT2D eigenvalue weighted by Gasteiger charge is 2.17. The Morgan fingerprint density at radius 1 is 1.75 bits per heavy atom. The molecule has 0 fully saturated rings. The number of alkyl halides is 1. The van der Waals surface area contributed by atoms with Gasteiger partial charge in [0.1, 0.15) is 0 Å². The van der Waals surface area contributed by atoms with Gasteiger partial charge in [-0.2, -0.15) is 0 Å². The van der Waals surface area contributed by atoms with Crippen LogP contribution in [0.1, 0.15) is 6.92 Å². The molecule has 0 heterocycles. The van der Waals surface area contributed by atoms with Gasteiger partial charge in [0, 0.05) is 6.04 Å². The molecule has 0 aliphatic rings. The minimum absolute atomic E-state index is 0.799. The summed E-state index contributed by atoms with van der Waals surface area (Å²) in [4.78, 5) is 9.91. The van der Waals surface area contributed by atoms with Gasteiger partial charge >= 0.3 is 0 Å². The first-order chi connectivity index (χ1) is 3.55. The second-order valence-corrected chi connectivity index (χ2v) is 1.66. The van der Waals surface area contributed by atoms with Crippen molar-refractivity contribution < 1.29 is 9.18 Å². The third kappa shape index (κ3) is 1.88. The summed E-state index contributed by atoms with van der Waals surface area (Å²) in [6.07, 6.45) is -1.71. The average molecular weight is 120 g/mol. The number of hydrogen-bond acceptors (Lipinski definition) is 2. The molecule has 0 aromatic carbocycles. The maximum Gasteiger partial charge on any atom is 0.253 e. The smallest absolute Gasteiger partial charge is 0.253 e. The number of carbonyl (C=O) groups is 1. The Morgan fingerprint density at radius 3 is 2.12 bits per heavy atom. The second kappa shape index (κ2) is 2.61. The number of rotatable bonds is 2. The van der Waals surface area contributed by atoms with Crippen molar-refractivity contribution >= 4 is 5.91 Å². The molecule has 4 heteroatoms. The Bertz CT molecular complexity index is 94.0. The normalized spacial score (nSPS) is 17.4. The van der Waals surface area contributed by atoms with Crippen molar-refractivity contribution in [1.82, 2.24) is 0 Å². The van der Waals surface area contributed by atoms with Gasteiger partial charge in [-0.3, -0.25) is 4.79 Å². The Balaban J connectivity index is 3.64. The summed E-state index contributed by atoms with van der Waals surface area (Å²) in [5, 5.41) is 0. The van der Waals surface area contributed by atoms with E-state index in [1.165, 1.54) is 6.92 Å². The molecule has 0 rings (SSSR count). The zero-order valence-corrected chi connectivity index (χ0v) is 4.60. The van der Waals surface area contributed by atoms with E-state index in [9.17, 15) is 9.18 Å². The number of hydrogen-bond donors (Lipinski definition) is 2. The van der Waals surface area contributed by atoms with Crippen LogP contribution in [0.25, 0.3) is 0 Å². The van der Waals surface area contributed by atoms with Crippen molar-refractivity contribution in [3.63, 3.8) is 0 Å². The molecule has 1 amide bonds. The monoisotopic (exact) mass is 120 g/mol. The van der Waals surface area contributed by atoms with Crippen LogP contribution < -0.4 is 11.5 Å². The number of nitrogens with two attached hydrogens (primary N) is 2. The van der Waals surface area contributed by atoms with E-state index in [0.29, 0.717) is 0 Å². The fraction of sp³-hybridized carbons (Fsp3) is 0.750. The lowest BCUT2D eigenvalue weighted by molar-refractivity contribution is -0.123. The lowest BCUT2D eigenvalue weighted by Crippen LogP contribution is -2.38. The summed E-state index contributed by atoms with van der Waals surface area (Å²) < 4.78 is 12.0. The minimum Gasteiger partial charge on any atom is -0.367 e. The highest BCUT2D eigenvalue weighted by atomic mass is 19.1. The fourth-order valence-corrected chi connectivity index (χ4v) is 0.259. The lowest BCUT2D eigenvalue weighted by atomic mass is 10.2. The fourth-order valence-electron chi connectivity index (χ4n) is 0.259.